The van der Waals surface area contributed by atoms with E-state index in [1.54, 1.807) is 0 Å². The van der Waals surface area contributed by atoms with E-state index in [0.717, 1.165) is 80.6 Å². The van der Waals surface area contributed by atoms with E-state index in [2.05, 4.69) is 34.3 Å². The van der Waals surface area contributed by atoms with Crippen LogP contribution in [0, 0.1) is 11.8 Å². The topological polar surface area (TPSA) is 114 Å². The first-order chi connectivity index (χ1) is 20.2. The largest absolute Gasteiger partial charge is 2.00 e. The normalized spacial score (nSPS) is 22.3. The van der Waals surface area contributed by atoms with Crippen LogP contribution in [0.25, 0.3) is 17.4 Å². The molecule has 8 heteroatoms. The predicted octanol–water partition coefficient (Wildman–Crippen LogP) is 2.74. The summed E-state index contributed by atoms with van der Waals surface area (Å²) in [6, 6.07) is 0. The van der Waals surface area contributed by atoms with Gasteiger partial charge in [0, 0.05) is 34.8 Å². The molecule has 0 unspecified atom stereocenters. The summed E-state index contributed by atoms with van der Waals surface area (Å²) in [6.07, 6.45) is 10.9. The third-order valence-electron chi connectivity index (χ3n) is 9.20. The van der Waals surface area contributed by atoms with Crippen LogP contribution in [-0.4, -0.2) is 46.2 Å². The number of aliphatic carboxylic acids is 1. The smallest absolute Gasteiger partial charge is 0.875 e. The zero-order chi connectivity index (χ0) is 29.9. The van der Waals surface area contributed by atoms with Gasteiger partial charge < -0.3 is 20.0 Å². The minimum atomic E-state index is -1.09. The van der Waals surface area contributed by atoms with Crippen molar-refractivity contribution < 1.29 is 15.0 Å². The van der Waals surface area contributed by atoms with E-state index in [-0.39, 0.29) is 53.5 Å². The number of carbonyl (C=O) groups is 1. The van der Waals surface area contributed by atoms with Crippen molar-refractivity contribution in [2.45, 2.75) is 73.1 Å². The first-order valence-corrected chi connectivity index (χ1v) is 14.9. The van der Waals surface area contributed by atoms with Gasteiger partial charge in [-0.25, -0.2) is 9.98 Å². The van der Waals surface area contributed by atoms with Crippen LogP contribution in [0.1, 0.15) is 78.0 Å². The van der Waals surface area contributed by atoms with E-state index in [1.165, 1.54) is 5.57 Å². The minimum absolute atomic E-state index is 0. The number of carboxylic acid groups (broad SMARTS) is 1. The van der Waals surface area contributed by atoms with Crippen molar-refractivity contribution in [2.75, 3.05) is 0 Å². The quantitative estimate of drug-likeness (QED) is 0.459. The van der Waals surface area contributed by atoms with Gasteiger partial charge in [0.25, 0.3) is 0 Å². The fraction of sp³-hybridized carbons (Fsp3) is 0.371. The Labute approximate surface area is 268 Å². The maximum atomic E-state index is 13.5. The molecule has 1 aromatic heterocycles. The first-order valence-electron chi connectivity index (χ1n) is 14.9. The summed E-state index contributed by atoms with van der Waals surface area (Å²) >= 11 is 0. The summed E-state index contributed by atoms with van der Waals surface area (Å²) in [5.74, 6) is -1.29. The molecule has 0 N–H and O–H groups in total. The Kier molecular flexibility index (Phi) is 8.55. The molecule has 6 rings (SSSR count). The Balaban J connectivity index is 0.00000368. The van der Waals surface area contributed by atoms with E-state index < -0.39 is 5.97 Å². The van der Waals surface area contributed by atoms with Crippen LogP contribution < -0.4 is 25.8 Å². The fourth-order valence-corrected chi connectivity index (χ4v) is 6.90. The molecular formula is C35H35MgN4O3-. The molecule has 43 heavy (non-hydrogen) atoms. The third kappa shape index (κ3) is 5.08. The molecule has 0 fully saturated rings. The number of nitrogens with zero attached hydrogens (tertiary/aromatic N) is 4. The zero-order valence-electron chi connectivity index (χ0n) is 25.6. The van der Waals surface area contributed by atoms with Gasteiger partial charge in [-0.1, -0.05) is 51.5 Å². The number of hydrogen-bond acceptors (Lipinski definition) is 6. The second-order valence-corrected chi connectivity index (χ2v) is 11.7. The van der Waals surface area contributed by atoms with Gasteiger partial charge in [-0.2, -0.15) is 0 Å². The molecular weight excluding hydrogens is 549 g/mol. The minimum Gasteiger partial charge on any atom is -0.875 e. The van der Waals surface area contributed by atoms with Gasteiger partial charge >= 0.3 is 23.1 Å². The van der Waals surface area contributed by atoms with Crippen LogP contribution in [0.3, 0.4) is 0 Å². The van der Waals surface area contributed by atoms with Crippen LogP contribution in [0.2, 0.25) is 0 Å². The van der Waals surface area contributed by atoms with Crippen LogP contribution in [-0.2, 0) is 11.2 Å². The standard InChI is InChI=1S/C35H38N4O3.Mg/c1-7-10-22-18(5)26-15-28-20(8-2)17(4)25(36-28)14-27-19(6)23(11-12-32(41)42)34(38-27)24-13-31(40)33-21(9-3)29(39-35(24)33)16-30(22)37-26;/h8,14-16,19,23H,2,7,9-13H2,1,3-6H3,(H3,36,37,38,39,40,41,42);/q;+2/p-3/t19-,23-;/m0./s1. The first kappa shape index (κ1) is 30.9. The Morgan fingerprint density at radius 3 is 2.49 bits per heavy atom. The van der Waals surface area contributed by atoms with Gasteiger partial charge in [-0.3, -0.25) is 4.99 Å². The van der Waals surface area contributed by atoms with Crippen molar-refractivity contribution in [3.8, 4) is 0 Å². The summed E-state index contributed by atoms with van der Waals surface area (Å²) < 4.78 is 0. The van der Waals surface area contributed by atoms with Crippen LogP contribution in [0.15, 0.2) is 79.2 Å². The Bertz CT molecular complexity index is 1840. The van der Waals surface area contributed by atoms with Gasteiger partial charge in [-0.05, 0) is 85.6 Å². The zero-order valence-corrected chi connectivity index (χ0v) is 27.0. The number of aromatic nitrogens is 1. The molecule has 5 heterocycles. The summed E-state index contributed by atoms with van der Waals surface area (Å²) in [5, 5.41) is 26.4. The molecule has 4 aliphatic heterocycles. The number of allylic oxidation sites excluding steroid dienone is 7. The summed E-state index contributed by atoms with van der Waals surface area (Å²) in [4.78, 5) is 31.8. The molecule has 0 aromatic carbocycles. The maximum absolute atomic E-state index is 13.5. The van der Waals surface area contributed by atoms with Gasteiger partial charge in [0.2, 0.25) is 0 Å². The molecule has 216 valence electrons. The van der Waals surface area contributed by atoms with Crippen molar-refractivity contribution in [3.05, 3.63) is 86.0 Å². The molecule has 8 bridgehead atoms. The van der Waals surface area contributed by atoms with Crippen LogP contribution >= 0.6 is 0 Å². The SMILES string of the molecule is C=CC1=C(C)C2=NC1=CC1=NC(=Cc3[n-]c4c(c3CC)=C([O-])CC=4C3=NC(=C2)[C@@H](C)[C@@H]3CCC(=O)[O-])C(CCC)=C1C.[Mg+2]. The molecule has 0 amide bonds. The molecule has 0 saturated heterocycles. The average Bonchev–Trinajstić information content (AvgIpc) is 3.70. The number of hydrogen-bond donors (Lipinski definition) is 0. The van der Waals surface area contributed by atoms with E-state index in [4.69, 9.17) is 20.0 Å². The Morgan fingerprint density at radius 1 is 1.09 bits per heavy atom. The van der Waals surface area contributed by atoms with E-state index >= 15 is 0 Å². The molecule has 2 atom stereocenters. The van der Waals surface area contributed by atoms with Gasteiger partial charge in [-0.15, -0.1) is 16.8 Å². The van der Waals surface area contributed by atoms with Crippen molar-refractivity contribution >= 4 is 63.6 Å². The number of aliphatic imine (C=N–C) groups is 3. The number of carbonyl (C=O) groups excluding carboxylic acids is 1. The Hall–Kier alpha value is -3.49. The van der Waals surface area contributed by atoms with Gasteiger partial charge in [0.05, 0.1) is 22.8 Å². The molecule has 1 aliphatic carbocycles. The van der Waals surface area contributed by atoms with Gasteiger partial charge in [0.15, 0.2) is 0 Å². The van der Waals surface area contributed by atoms with Crippen molar-refractivity contribution in [3.63, 3.8) is 0 Å². The molecule has 7 nitrogen and oxygen atoms in total. The monoisotopic (exact) mass is 583 g/mol. The molecule has 0 radical (unpaired) electrons. The van der Waals surface area contributed by atoms with Crippen LogP contribution in [0.5, 0.6) is 0 Å². The number of rotatable bonds is 7. The fourth-order valence-electron chi connectivity index (χ4n) is 6.90. The van der Waals surface area contributed by atoms with E-state index in [1.807, 2.05) is 31.2 Å². The second kappa shape index (κ2) is 11.9. The van der Waals surface area contributed by atoms with Crippen LogP contribution in [0.4, 0.5) is 0 Å². The molecule has 1 aromatic rings. The molecule has 0 spiro atoms. The molecule has 0 saturated carbocycles. The van der Waals surface area contributed by atoms with Crippen molar-refractivity contribution in [2.24, 2.45) is 26.8 Å². The number of fused-ring (bicyclic) bond motifs is 5. The summed E-state index contributed by atoms with van der Waals surface area (Å²) in [7, 11) is 0. The Morgan fingerprint density at radius 2 is 1.81 bits per heavy atom. The van der Waals surface area contributed by atoms with E-state index in [9.17, 15) is 15.0 Å². The van der Waals surface area contributed by atoms with Gasteiger partial charge in [0.1, 0.15) is 0 Å². The number of carboxylic acids is 1. The van der Waals surface area contributed by atoms with Crippen molar-refractivity contribution in [1.82, 2.24) is 4.98 Å². The predicted molar refractivity (Wildman–Crippen MR) is 169 cm³/mol. The second-order valence-electron chi connectivity index (χ2n) is 11.7. The van der Waals surface area contributed by atoms with Crippen molar-refractivity contribution in [1.29, 1.82) is 0 Å². The average molecular weight is 584 g/mol. The maximum Gasteiger partial charge on any atom is 2.00 e. The van der Waals surface area contributed by atoms with E-state index in [0.29, 0.717) is 23.4 Å². The molecule has 5 aliphatic rings. The third-order valence-corrected chi connectivity index (χ3v) is 9.20. The summed E-state index contributed by atoms with van der Waals surface area (Å²) in [5.41, 5.74) is 11.7. The summed E-state index contributed by atoms with van der Waals surface area (Å²) in [6.45, 7) is 14.5.